The number of thioether (sulfide) groups is 1. The lowest BCUT2D eigenvalue weighted by Gasteiger charge is -2.15. The van der Waals surface area contributed by atoms with Crippen molar-refractivity contribution in [2.75, 3.05) is 11.5 Å². The van der Waals surface area contributed by atoms with Crippen LogP contribution in [0.2, 0.25) is 0 Å². The Morgan fingerprint density at radius 3 is 2.70 bits per heavy atom. The first-order valence-corrected chi connectivity index (χ1v) is 9.47. The molecule has 1 atom stereocenters. The number of benzene rings is 1. The van der Waals surface area contributed by atoms with Crippen molar-refractivity contribution in [3.63, 3.8) is 0 Å². The number of carbonyl (C=O) groups excluding carboxylic acids is 2. The van der Waals surface area contributed by atoms with Crippen LogP contribution >= 0.6 is 11.8 Å². The maximum Gasteiger partial charge on any atom is 0.450 e. The number of para-hydroxylation sites is 1. The van der Waals surface area contributed by atoms with E-state index in [0.29, 0.717) is 25.1 Å². The monoisotopic (exact) mass is 399 g/mol. The van der Waals surface area contributed by atoms with Crippen molar-refractivity contribution in [1.29, 1.82) is 0 Å². The normalized spacial score (nSPS) is 12.9. The lowest BCUT2D eigenvalue weighted by Crippen LogP contribution is -2.41. The van der Waals surface area contributed by atoms with Gasteiger partial charge in [-0.15, -0.1) is 0 Å². The van der Waals surface area contributed by atoms with Gasteiger partial charge >= 0.3 is 6.18 Å². The van der Waals surface area contributed by atoms with Crippen LogP contribution in [-0.4, -0.2) is 40.4 Å². The van der Waals surface area contributed by atoms with Crippen molar-refractivity contribution in [2.45, 2.75) is 31.6 Å². The van der Waals surface area contributed by atoms with Crippen LogP contribution in [0.3, 0.4) is 0 Å². The largest absolute Gasteiger partial charge is 0.450 e. The average molecular weight is 399 g/mol. The molecular weight excluding hydrogens is 379 g/mol. The second-order valence-corrected chi connectivity index (χ2v) is 7.09. The van der Waals surface area contributed by atoms with Gasteiger partial charge in [0.15, 0.2) is 0 Å². The van der Waals surface area contributed by atoms with Gasteiger partial charge in [-0.05, 0) is 36.3 Å². The summed E-state index contributed by atoms with van der Waals surface area (Å²) in [4.78, 5) is 26.7. The molecule has 0 saturated carbocycles. The molecule has 5 nitrogen and oxygen atoms in total. The predicted octanol–water partition coefficient (Wildman–Crippen LogP) is 2.82. The van der Waals surface area contributed by atoms with Crippen LogP contribution in [0.15, 0.2) is 36.5 Å². The van der Waals surface area contributed by atoms with Gasteiger partial charge in [-0.1, -0.05) is 18.2 Å². The molecule has 146 valence electrons. The number of fused-ring (bicyclic) bond motifs is 1. The first kappa shape index (κ1) is 21.2. The van der Waals surface area contributed by atoms with Crippen molar-refractivity contribution in [2.24, 2.45) is 5.73 Å². The van der Waals surface area contributed by atoms with Gasteiger partial charge in [-0.2, -0.15) is 24.9 Å². The van der Waals surface area contributed by atoms with Gasteiger partial charge < -0.3 is 11.1 Å². The van der Waals surface area contributed by atoms with E-state index in [1.165, 1.54) is 0 Å². The summed E-state index contributed by atoms with van der Waals surface area (Å²) in [5, 5.41) is 4.04. The fraction of sp³-hybridized carbons (Fsp3) is 0.389. The zero-order valence-corrected chi connectivity index (χ0v) is 15.3. The third kappa shape index (κ3) is 6.84. The molecule has 0 aliphatic rings. The number of Topliss-reactive ketones (excluding diaryl/α,β-unsaturated/α-hetero) is 1. The maximum atomic E-state index is 12.1. The highest BCUT2D eigenvalue weighted by molar-refractivity contribution is 7.99. The number of nitrogens with one attached hydrogen (secondary N) is 1. The lowest BCUT2D eigenvalue weighted by molar-refractivity contribution is -0.167. The van der Waals surface area contributed by atoms with Crippen molar-refractivity contribution >= 4 is 34.4 Å². The van der Waals surface area contributed by atoms with Gasteiger partial charge in [0.2, 0.25) is 11.7 Å². The Morgan fingerprint density at radius 2 is 2.00 bits per heavy atom. The number of aromatic nitrogens is 1. The second-order valence-electron chi connectivity index (χ2n) is 5.99. The molecule has 1 heterocycles. The number of halogens is 3. The van der Waals surface area contributed by atoms with E-state index in [-0.39, 0.29) is 0 Å². The smallest absolute Gasteiger partial charge is 0.368 e. The topological polar surface area (TPSA) is 85.1 Å². The molecule has 0 aliphatic carbocycles. The summed E-state index contributed by atoms with van der Waals surface area (Å²) in [6.45, 7) is 0.394. The summed E-state index contributed by atoms with van der Waals surface area (Å²) in [5.74, 6) is -2.55. The summed E-state index contributed by atoms with van der Waals surface area (Å²) in [6.07, 6.45) is -2.24. The minimum absolute atomic E-state index is 0.338. The summed E-state index contributed by atoms with van der Waals surface area (Å²) in [7, 11) is 0. The predicted molar refractivity (Wildman–Crippen MR) is 99.2 cm³/mol. The van der Waals surface area contributed by atoms with Crippen molar-refractivity contribution in [1.82, 2.24) is 10.3 Å². The number of pyridine rings is 1. The standard InChI is InChI=1S/C18H20F3N3O2S/c19-18(20,21)16(25)11-27-7-3-6-15(17(22)26)24-10-12-8-13-4-1-2-5-14(13)23-9-12/h1-2,4-5,8-9,15,24H,3,6-7,10-11H2,(H2,22,26)/t15-/m0/s1. The number of nitrogens with two attached hydrogens (primary N) is 1. The van der Waals surface area contributed by atoms with E-state index in [4.69, 9.17) is 5.73 Å². The summed E-state index contributed by atoms with van der Waals surface area (Å²) >= 11 is 0.898. The number of ketones is 1. The zero-order chi connectivity index (χ0) is 19.9. The van der Waals surface area contributed by atoms with E-state index in [2.05, 4.69) is 10.3 Å². The number of nitrogens with zero attached hydrogens (tertiary/aromatic N) is 1. The van der Waals surface area contributed by atoms with E-state index < -0.39 is 29.7 Å². The van der Waals surface area contributed by atoms with E-state index >= 15 is 0 Å². The van der Waals surface area contributed by atoms with Crippen molar-refractivity contribution in [3.05, 3.63) is 42.1 Å². The fourth-order valence-electron chi connectivity index (χ4n) is 2.44. The summed E-state index contributed by atoms with van der Waals surface area (Å²) < 4.78 is 36.3. The van der Waals surface area contributed by atoms with Gasteiger partial charge in [0.1, 0.15) is 0 Å². The van der Waals surface area contributed by atoms with Crippen LogP contribution < -0.4 is 11.1 Å². The molecule has 0 radical (unpaired) electrons. The first-order valence-electron chi connectivity index (χ1n) is 8.31. The minimum atomic E-state index is -4.79. The third-order valence-electron chi connectivity index (χ3n) is 3.87. The number of primary amides is 1. The SMILES string of the molecule is NC(=O)[C@H](CCCSCC(=O)C(F)(F)F)NCc1cnc2ccccc2c1. The van der Waals surface area contributed by atoms with Gasteiger partial charge in [0.05, 0.1) is 17.3 Å². The van der Waals surface area contributed by atoms with E-state index in [1.807, 2.05) is 30.3 Å². The molecule has 0 bridgehead atoms. The number of alkyl halides is 3. The molecule has 0 saturated heterocycles. The summed E-state index contributed by atoms with van der Waals surface area (Å²) in [6, 6.07) is 9.02. The number of carbonyl (C=O) groups is 2. The van der Waals surface area contributed by atoms with Crippen LogP contribution in [0.1, 0.15) is 18.4 Å². The maximum absolute atomic E-state index is 12.1. The molecule has 0 fully saturated rings. The molecular formula is C18H20F3N3O2S. The molecule has 9 heteroatoms. The van der Waals surface area contributed by atoms with Crippen LogP contribution in [0.5, 0.6) is 0 Å². The Kier molecular flexibility index (Phi) is 7.61. The second kappa shape index (κ2) is 9.70. The van der Waals surface area contributed by atoms with Gasteiger partial charge in [-0.25, -0.2) is 0 Å². The molecule has 27 heavy (non-hydrogen) atoms. The Hall–Kier alpha value is -2.13. The number of hydrogen-bond donors (Lipinski definition) is 2. The highest BCUT2D eigenvalue weighted by Gasteiger charge is 2.37. The molecule has 2 aromatic rings. The molecule has 1 aromatic heterocycles. The van der Waals surface area contributed by atoms with Crippen LogP contribution in [0.25, 0.3) is 10.9 Å². The van der Waals surface area contributed by atoms with Crippen LogP contribution in [-0.2, 0) is 16.1 Å². The fourth-order valence-corrected chi connectivity index (χ4v) is 3.30. The highest BCUT2D eigenvalue weighted by Crippen LogP contribution is 2.19. The van der Waals surface area contributed by atoms with Gasteiger partial charge in [0.25, 0.3) is 0 Å². The number of hydrogen-bond acceptors (Lipinski definition) is 5. The molecule has 2 rings (SSSR count). The van der Waals surface area contributed by atoms with Crippen molar-refractivity contribution in [3.8, 4) is 0 Å². The average Bonchev–Trinajstić information content (AvgIpc) is 2.62. The Balaban J connectivity index is 1.78. The molecule has 0 aliphatic heterocycles. The molecule has 1 amide bonds. The van der Waals surface area contributed by atoms with E-state index in [1.54, 1.807) is 6.20 Å². The molecule has 0 spiro atoms. The third-order valence-corrected chi connectivity index (χ3v) is 4.92. The molecule has 0 unspecified atom stereocenters. The Morgan fingerprint density at radius 1 is 1.26 bits per heavy atom. The van der Waals surface area contributed by atoms with Gasteiger partial charge in [0, 0.05) is 18.1 Å². The molecule has 1 aromatic carbocycles. The Bertz CT molecular complexity index is 799. The first-order chi connectivity index (χ1) is 12.8. The Labute approximate surface area is 158 Å². The van der Waals surface area contributed by atoms with E-state index in [9.17, 15) is 22.8 Å². The highest BCUT2D eigenvalue weighted by atomic mass is 32.2. The van der Waals surface area contributed by atoms with Gasteiger partial charge in [-0.3, -0.25) is 14.6 Å². The lowest BCUT2D eigenvalue weighted by atomic mass is 10.1. The quantitative estimate of drug-likeness (QED) is 0.600. The zero-order valence-electron chi connectivity index (χ0n) is 14.5. The minimum Gasteiger partial charge on any atom is -0.368 e. The number of amides is 1. The van der Waals surface area contributed by atoms with E-state index in [0.717, 1.165) is 28.2 Å². The number of rotatable bonds is 10. The van der Waals surface area contributed by atoms with Crippen LogP contribution in [0, 0.1) is 0 Å². The molecule has 3 N–H and O–H groups in total. The van der Waals surface area contributed by atoms with Crippen molar-refractivity contribution < 1.29 is 22.8 Å². The van der Waals surface area contributed by atoms with Crippen LogP contribution in [0.4, 0.5) is 13.2 Å². The summed E-state index contributed by atoms with van der Waals surface area (Å²) in [5.41, 5.74) is 7.15.